The number of methoxy groups -OCH3 is 1. The molecule has 24 heavy (non-hydrogen) atoms. The highest BCUT2D eigenvalue weighted by atomic mass is 127. The number of hydrogen-bond acceptors (Lipinski definition) is 5. The third-order valence-electron chi connectivity index (χ3n) is 3.36. The predicted molar refractivity (Wildman–Crippen MR) is 103 cm³/mol. The number of rotatable bonds is 5. The fourth-order valence-corrected chi connectivity index (χ4v) is 2.33. The van der Waals surface area contributed by atoms with Crippen molar-refractivity contribution >= 4 is 41.5 Å². The first-order chi connectivity index (χ1) is 11.2. The normalized spacial score (nSPS) is 17.8. The Bertz CT molecular complexity index is 527. The first-order valence-corrected chi connectivity index (χ1v) is 7.49. The van der Waals surface area contributed by atoms with Crippen molar-refractivity contribution in [2.75, 3.05) is 52.3 Å². The van der Waals surface area contributed by atoms with Gasteiger partial charge in [-0.25, -0.2) is 0 Å². The Morgan fingerprint density at radius 3 is 3.08 bits per heavy atom. The van der Waals surface area contributed by atoms with E-state index in [1.807, 2.05) is 0 Å². The molecule has 1 aromatic heterocycles. The van der Waals surface area contributed by atoms with Gasteiger partial charge in [-0.2, -0.15) is 0 Å². The number of nitrogens with zero attached hydrogens (tertiary/aromatic N) is 3. The van der Waals surface area contributed by atoms with Gasteiger partial charge < -0.3 is 25.0 Å². The lowest BCUT2D eigenvalue weighted by molar-refractivity contribution is -0.115. The van der Waals surface area contributed by atoms with Crippen LogP contribution < -0.4 is 10.6 Å². The molecule has 1 aliphatic rings. The zero-order valence-electron chi connectivity index (χ0n) is 13.9. The molecule has 1 fully saturated rings. The number of pyridine rings is 1. The van der Waals surface area contributed by atoms with Gasteiger partial charge >= 0.3 is 0 Å². The molecule has 0 spiro atoms. The SMILES string of the molecule is CN=C(NCC(=O)Nc1cccnc1)N1CCOC(COC)C1.I. The Morgan fingerprint density at radius 1 is 1.58 bits per heavy atom. The molecule has 0 radical (unpaired) electrons. The minimum Gasteiger partial charge on any atom is -0.382 e. The number of aliphatic imine (C=N–C) groups is 1. The van der Waals surface area contributed by atoms with E-state index in [2.05, 4.69) is 25.5 Å². The van der Waals surface area contributed by atoms with Crippen molar-refractivity contribution in [1.82, 2.24) is 15.2 Å². The molecule has 2 N–H and O–H groups in total. The minimum atomic E-state index is -0.152. The van der Waals surface area contributed by atoms with Crippen LogP contribution in [0.3, 0.4) is 0 Å². The highest BCUT2D eigenvalue weighted by Gasteiger charge is 2.22. The third kappa shape index (κ3) is 6.57. The molecule has 1 aromatic rings. The summed E-state index contributed by atoms with van der Waals surface area (Å²) in [7, 11) is 3.35. The number of morpholine rings is 1. The molecule has 1 amide bonds. The van der Waals surface area contributed by atoms with Gasteiger partial charge in [-0.3, -0.25) is 14.8 Å². The molecule has 1 atom stereocenters. The summed E-state index contributed by atoms with van der Waals surface area (Å²) < 4.78 is 10.7. The molecule has 1 aliphatic heterocycles. The molecule has 9 heteroatoms. The zero-order chi connectivity index (χ0) is 16.5. The fourth-order valence-electron chi connectivity index (χ4n) is 2.33. The molecule has 2 heterocycles. The molecular formula is C15H24IN5O3. The van der Waals surface area contributed by atoms with Gasteiger partial charge in [0, 0.05) is 33.4 Å². The van der Waals surface area contributed by atoms with E-state index < -0.39 is 0 Å². The summed E-state index contributed by atoms with van der Waals surface area (Å²) in [5.74, 6) is 0.525. The van der Waals surface area contributed by atoms with Crippen molar-refractivity contribution in [3.8, 4) is 0 Å². The highest BCUT2D eigenvalue weighted by molar-refractivity contribution is 14.0. The molecule has 2 rings (SSSR count). The van der Waals surface area contributed by atoms with E-state index in [1.54, 1.807) is 38.7 Å². The first-order valence-electron chi connectivity index (χ1n) is 7.49. The van der Waals surface area contributed by atoms with Crippen LogP contribution in [0.15, 0.2) is 29.5 Å². The number of carbonyl (C=O) groups is 1. The number of anilines is 1. The predicted octanol–water partition coefficient (Wildman–Crippen LogP) is 0.561. The van der Waals surface area contributed by atoms with Crippen LogP contribution in [-0.4, -0.2) is 74.9 Å². The number of nitrogens with one attached hydrogen (secondary N) is 2. The second kappa shape index (κ2) is 11.2. The van der Waals surface area contributed by atoms with Crippen molar-refractivity contribution in [1.29, 1.82) is 0 Å². The smallest absolute Gasteiger partial charge is 0.243 e. The Balaban J connectivity index is 0.00000288. The van der Waals surface area contributed by atoms with Crippen LogP contribution >= 0.6 is 24.0 Å². The summed E-state index contributed by atoms with van der Waals surface area (Å²) in [6.07, 6.45) is 3.27. The van der Waals surface area contributed by atoms with Crippen LogP contribution in [0.4, 0.5) is 5.69 Å². The number of carbonyl (C=O) groups excluding carboxylic acids is 1. The van der Waals surface area contributed by atoms with E-state index in [-0.39, 0.29) is 42.5 Å². The standard InChI is InChI=1S/C15H23N5O3.HI/c1-16-15(20-6-7-23-13(10-20)11-22-2)18-9-14(21)19-12-4-3-5-17-8-12;/h3-5,8,13H,6-7,9-11H2,1-2H3,(H,16,18)(H,19,21);1H. The number of aromatic nitrogens is 1. The maximum Gasteiger partial charge on any atom is 0.243 e. The summed E-state index contributed by atoms with van der Waals surface area (Å²) in [4.78, 5) is 22.2. The van der Waals surface area contributed by atoms with Gasteiger partial charge in [-0.15, -0.1) is 24.0 Å². The second-order valence-electron chi connectivity index (χ2n) is 5.08. The van der Waals surface area contributed by atoms with Gasteiger partial charge in [-0.1, -0.05) is 0 Å². The van der Waals surface area contributed by atoms with Gasteiger partial charge in [0.25, 0.3) is 0 Å². The molecule has 0 aromatic carbocycles. The maximum absolute atomic E-state index is 12.0. The van der Waals surface area contributed by atoms with Crippen LogP contribution in [0.5, 0.6) is 0 Å². The van der Waals surface area contributed by atoms with E-state index in [0.717, 1.165) is 6.54 Å². The van der Waals surface area contributed by atoms with Crippen LogP contribution in [0, 0.1) is 0 Å². The minimum absolute atomic E-state index is 0. The molecule has 134 valence electrons. The average Bonchev–Trinajstić information content (AvgIpc) is 2.57. The monoisotopic (exact) mass is 449 g/mol. The number of halogens is 1. The van der Waals surface area contributed by atoms with Crippen LogP contribution in [0.2, 0.25) is 0 Å². The lowest BCUT2D eigenvalue weighted by Crippen LogP contribution is -2.52. The van der Waals surface area contributed by atoms with Crippen molar-refractivity contribution in [2.24, 2.45) is 4.99 Å². The summed E-state index contributed by atoms with van der Waals surface area (Å²) in [6, 6.07) is 3.56. The van der Waals surface area contributed by atoms with Crippen molar-refractivity contribution in [3.63, 3.8) is 0 Å². The Morgan fingerprint density at radius 2 is 2.42 bits per heavy atom. The third-order valence-corrected chi connectivity index (χ3v) is 3.36. The zero-order valence-corrected chi connectivity index (χ0v) is 16.2. The van der Waals surface area contributed by atoms with Crippen molar-refractivity contribution in [3.05, 3.63) is 24.5 Å². The molecule has 0 saturated carbocycles. The van der Waals surface area contributed by atoms with E-state index in [9.17, 15) is 4.79 Å². The first kappa shape index (κ1) is 20.6. The lowest BCUT2D eigenvalue weighted by Gasteiger charge is -2.34. The maximum atomic E-state index is 12.0. The molecule has 8 nitrogen and oxygen atoms in total. The number of ether oxygens (including phenoxy) is 2. The summed E-state index contributed by atoms with van der Waals surface area (Å²) in [5.41, 5.74) is 0.667. The summed E-state index contributed by atoms with van der Waals surface area (Å²) >= 11 is 0. The van der Waals surface area contributed by atoms with E-state index in [1.165, 1.54) is 0 Å². The second-order valence-corrected chi connectivity index (χ2v) is 5.08. The number of hydrogen-bond donors (Lipinski definition) is 2. The molecule has 1 saturated heterocycles. The van der Waals surface area contributed by atoms with E-state index in [0.29, 0.717) is 31.4 Å². The summed E-state index contributed by atoms with van der Waals surface area (Å²) in [6.45, 7) is 2.68. The average molecular weight is 449 g/mol. The van der Waals surface area contributed by atoms with Gasteiger partial charge in [0.1, 0.15) is 0 Å². The van der Waals surface area contributed by atoms with Crippen molar-refractivity contribution < 1.29 is 14.3 Å². The van der Waals surface area contributed by atoms with Gasteiger partial charge in [-0.05, 0) is 12.1 Å². The number of guanidine groups is 1. The van der Waals surface area contributed by atoms with E-state index >= 15 is 0 Å². The summed E-state index contributed by atoms with van der Waals surface area (Å²) in [5, 5.41) is 5.84. The lowest BCUT2D eigenvalue weighted by atomic mass is 10.3. The highest BCUT2D eigenvalue weighted by Crippen LogP contribution is 2.06. The fraction of sp³-hybridized carbons (Fsp3) is 0.533. The quantitative estimate of drug-likeness (QED) is 0.388. The van der Waals surface area contributed by atoms with Gasteiger partial charge in [0.05, 0.1) is 37.7 Å². The number of amides is 1. The van der Waals surface area contributed by atoms with Crippen LogP contribution in [0.25, 0.3) is 0 Å². The van der Waals surface area contributed by atoms with Crippen molar-refractivity contribution in [2.45, 2.75) is 6.10 Å². The molecule has 1 unspecified atom stereocenters. The molecule has 0 bridgehead atoms. The van der Waals surface area contributed by atoms with Crippen LogP contribution in [0.1, 0.15) is 0 Å². The topological polar surface area (TPSA) is 88.1 Å². The Hall–Kier alpha value is -1.46. The Kier molecular flexibility index (Phi) is 9.57. The largest absolute Gasteiger partial charge is 0.382 e. The van der Waals surface area contributed by atoms with Crippen LogP contribution in [-0.2, 0) is 14.3 Å². The molecule has 0 aliphatic carbocycles. The van der Waals surface area contributed by atoms with E-state index in [4.69, 9.17) is 9.47 Å². The van der Waals surface area contributed by atoms with Gasteiger partial charge in [0.2, 0.25) is 5.91 Å². The molecular weight excluding hydrogens is 425 g/mol. The Labute approximate surface area is 159 Å². The van der Waals surface area contributed by atoms with Gasteiger partial charge in [0.15, 0.2) is 5.96 Å².